The smallest absolute Gasteiger partial charge is 0.230 e. The molecule has 0 radical (unpaired) electrons. The van der Waals surface area contributed by atoms with Crippen LogP contribution in [0.15, 0.2) is 5.16 Å². The fourth-order valence-corrected chi connectivity index (χ4v) is 4.79. The van der Waals surface area contributed by atoms with Crippen LogP contribution in [0.1, 0.15) is 56.7 Å². The first-order valence-corrected chi connectivity index (χ1v) is 10.9. The number of amides is 1. The van der Waals surface area contributed by atoms with Gasteiger partial charge in [-0.15, -0.1) is 5.10 Å². The molecule has 3 aliphatic rings. The van der Waals surface area contributed by atoms with Crippen molar-refractivity contribution in [3.05, 3.63) is 5.82 Å². The number of hydrogen-bond acceptors (Lipinski definition) is 6. The number of H-pyrrole nitrogens is 1. The quantitative estimate of drug-likeness (QED) is 0.705. The van der Waals surface area contributed by atoms with Crippen LogP contribution in [0.2, 0.25) is 0 Å². The van der Waals surface area contributed by atoms with E-state index in [1.54, 1.807) is 0 Å². The summed E-state index contributed by atoms with van der Waals surface area (Å²) >= 11 is 1.42. The largest absolute Gasteiger partial charge is 0.379 e. The number of hydrogen-bond donors (Lipinski definition) is 2. The Bertz CT molecular complexity index is 606. The first-order valence-electron chi connectivity index (χ1n) is 9.90. The van der Waals surface area contributed by atoms with Gasteiger partial charge in [0.05, 0.1) is 19.0 Å². The van der Waals surface area contributed by atoms with E-state index in [9.17, 15) is 4.79 Å². The Labute approximate surface area is 159 Å². The average Bonchev–Trinajstić information content (AvgIpc) is 3.44. The molecule has 1 amide bonds. The highest BCUT2D eigenvalue weighted by molar-refractivity contribution is 7.99. The van der Waals surface area contributed by atoms with Crippen LogP contribution in [-0.2, 0) is 9.53 Å². The number of nitrogens with zero attached hydrogens (tertiary/aromatic N) is 3. The molecule has 2 saturated carbocycles. The van der Waals surface area contributed by atoms with Crippen molar-refractivity contribution in [3.8, 4) is 0 Å². The predicted octanol–water partition coefficient (Wildman–Crippen LogP) is 1.93. The van der Waals surface area contributed by atoms with Crippen LogP contribution >= 0.6 is 11.8 Å². The van der Waals surface area contributed by atoms with Crippen LogP contribution in [0.4, 0.5) is 0 Å². The van der Waals surface area contributed by atoms with E-state index >= 15 is 0 Å². The number of nitrogens with one attached hydrogen (secondary N) is 2. The van der Waals surface area contributed by atoms with Crippen LogP contribution in [0.3, 0.4) is 0 Å². The van der Waals surface area contributed by atoms with Gasteiger partial charge in [0.1, 0.15) is 5.82 Å². The van der Waals surface area contributed by atoms with Gasteiger partial charge in [0.15, 0.2) is 0 Å². The summed E-state index contributed by atoms with van der Waals surface area (Å²) in [7, 11) is 0. The van der Waals surface area contributed by atoms with Gasteiger partial charge < -0.3 is 10.1 Å². The maximum atomic E-state index is 12.4. The molecular formula is C18H29N5O2S. The minimum absolute atomic E-state index is 0.0750. The standard InChI is InChI=1S/C18H29N5O2S/c24-15(12-26-17-20-16(21-22-17)14-4-5-14)19-13-18(6-2-1-3-7-18)23-8-10-25-11-9-23/h14H,1-13H2,(H,19,24)(H,20,21,22). The van der Waals surface area contributed by atoms with Crippen molar-refractivity contribution < 1.29 is 9.53 Å². The molecule has 1 aromatic heterocycles. The Morgan fingerprint density at radius 2 is 2.04 bits per heavy atom. The normalized spacial score (nSPS) is 23.7. The van der Waals surface area contributed by atoms with Crippen LogP contribution in [0.5, 0.6) is 0 Å². The number of thioether (sulfide) groups is 1. The lowest BCUT2D eigenvalue weighted by Gasteiger charge is -2.48. The number of morpholine rings is 1. The minimum Gasteiger partial charge on any atom is -0.379 e. The molecule has 2 N–H and O–H groups in total. The monoisotopic (exact) mass is 379 g/mol. The molecule has 1 saturated heterocycles. The van der Waals surface area contributed by atoms with Crippen molar-refractivity contribution in [2.45, 2.75) is 61.6 Å². The molecule has 8 heteroatoms. The molecule has 1 aliphatic heterocycles. The van der Waals surface area contributed by atoms with Gasteiger partial charge in [-0.1, -0.05) is 31.0 Å². The molecule has 3 fully saturated rings. The maximum absolute atomic E-state index is 12.4. The third kappa shape index (κ3) is 4.40. The molecule has 0 aromatic carbocycles. The third-order valence-electron chi connectivity index (χ3n) is 5.86. The number of rotatable bonds is 7. The summed E-state index contributed by atoms with van der Waals surface area (Å²) in [4.78, 5) is 19.4. The van der Waals surface area contributed by atoms with E-state index in [2.05, 4.69) is 25.4 Å². The number of carbonyl (C=O) groups is 1. The Balaban J connectivity index is 1.27. The summed E-state index contributed by atoms with van der Waals surface area (Å²) in [5.41, 5.74) is 0.117. The Hall–Kier alpha value is -1.12. The maximum Gasteiger partial charge on any atom is 0.230 e. The van der Waals surface area contributed by atoms with Crippen LogP contribution in [0.25, 0.3) is 0 Å². The summed E-state index contributed by atoms with van der Waals surface area (Å²) in [6, 6.07) is 0. The van der Waals surface area contributed by atoms with Crippen LogP contribution in [0, 0.1) is 0 Å². The van der Waals surface area contributed by atoms with Crippen molar-refractivity contribution in [3.63, 3.8) is 0 Å². The molecule has 0 atom stereocenters. The zero-order valence-electron chi connectivity index (χ0n) is 15.3. The number of aromatic amines is 1. The summed E-state index contributed by atoms with van der Waals surface area (Å²) in [6.45, 7) is 4.31. The predicted molar refractivity (Wildman–Crippen MR) is 100 cm³/mol. The van der Waals surface area contributed by atoms with E-state index < -0.39 is 0 Å². The van der Waals surface area contributed by atoms with Gasteiger partial charge in [-0.3, -0.25) is 14.8 Å². The van der Waals surface area contributed by atoms with Gasteiger partial charge >= 0.3 is 0 Å². The van der Waals surface area contributed by atoms with Gasteiger partial charge in [-0.25, -0.2) is 4.98 Å². The van der Waals surface area contributed by atoms with Crippen molar-refractivity contribution in [1.29, 1.82) is 0 Å². The van der Waals surface area contributed by atoms with E-state index in [-0.39, 0.29) is 11.4 Å². The second-order valence-electron chi connectivity index (χ2n) is 7.73. The van der Waals surface area contributed by atoms with E-state index in [1.165, 1.54) is 56.7 Å². The lowest BCUT2D eigenvalue weighted by molar-refractivity contribution is -0.119. The second-order valence-corrected chi connectivity index (χ2v) is 8.67. The lowest BCUT2D eigenvalue weighted by atomic mass is 9.79. The molecule has 1 aromatic rings. The fraction of sp³-hybridized carbons (Fsp3) is 0.833. The van der Waals surface area contributed by atoms with Gasteiger partial charge in [0.2, 0.25) is 11.1 Å². The molecular weight excluding hydrogens is 350 g/mol. The summed E-state index contributed by atoms with van der Waals surface area (Å²) in [5, 5.41) is 11.1. The van der Waals surface area contributed by atoms with Gasteiger partial charge in [0, 0.05) is 31.1 Å². The topological polar surface area (TPSA) is 83.1 Å². The molecule has 2 heterocycles. The zero-order valence-corrected chi connectivity index (χ0v) is 16.2. The Morgan fingerprint density at radius 1 is 1.27 bits per heavy atom. The summed E-state index contributed by atoms with van der Waals surface area (Å²) < 4.78 is 5.52. The molecule has 26 heavy (non-hydrogen) atoms. The van der Waals surface area contributed by atoms with Crippen LogP contribution < -0.4 is 5.32 Å². The van der Waals surface area contributed by atoms with Crippen molar-refractivity contribution in [2.24, 2.45) is 0 Å². The molecule has 0 bridgehead atoms. The van der Waals surface area contributed by atoms with Crippen LogP contribution in [-0.4, -0.2) is 70.1 Å². The van der Waals surface area contributed by atoms with Crippen molar-refractivity contribution in [2.75, 3.05) is 38.6 Å². The molecule has 2 aliphatic carbocycles. The third-order valence-corrected chi connectivity index (χ3v) is 6.71. The number of aromatic nitrogens is 3. The number of carbonyl (C=O) groups excluding carboxylic acids is 1. The van der Waals surface area contributed by atoms with Crippen molar-refractivity contribution >= 4 is 17.7 Å². The van der Waals surface area contributed by atoms with Gasteiger partial charge in [-0.2, -0.15) is 0 Å². The van der Waals surface area contributed by atoms with E-state index in [0.717, 1.165) is 38.7 Å². The summed E-state index contributed by atoms with van der Waals surface area (Å²) in [5.74, 6) is 1.99. The second kappa shape index (κ2) is 8.27. The number of ether oxygens (including phenoxy) is 1. The van der Waals surface area contributed by atoms with E-state index in [0.29, 0.717) is 16.8 Å². The van der Waals surface area contributed by atoms with E-state index in [1.807, 2.05) is 0 Å². The SMILES string of the molecule is O=C(CSc1n[nH]c(C2CC2)n1)NCC1(N2CCOCC2)CCCCC1. The van der Waals surface area contributed by atoms with Gasteiger partial charge in [-0.05, 0) is 25.7 Å². The van der Waals surface area contributed by atoms with E-state index in [4.69, 9.17) is 4.74 Å². The average molecular weight is 380 g/mol. The minimum atomic E-state index is 0.0750. The molecule has 0 unspecified atom stereocenters. The lowest BCUT2D eigenvalue weighted by Crippen LogP contribution is -2.59. The van der Waals surface area contributed by atoms with Gasteiger partial charge in [0.25, 0.3) is 0 Å². The Morgan fingerprint density at radius 3 is 2.77 bits per heavy atom. The highest BCUT2D eigenvalue weighted by Crippen LogP contribution is 2.38. The molecule has 7 nitrogen and oxygen atoms in total. The fourth-order valence-electron chi connectivity index (χ4n) is 4.16. The first-order chi connectivity index (χ1) is 12.8. The molecule has 144 valence electrons. The van der Waals surface area contributed by atoms with Crippen molar-refractivity contribution in [1.82, 2.24) is 25.4 Å². The highest BCUT2D eigenvalue weighted by atomic mass is 32.2. The zero-order chi connectivity index (χ0) is 17.8. The Kier molecular flexibility index (Phi) is 5.81. The summed E-state index contributed by atoms with van der Waals surface area (Å²) in [6.07, 6.45) is 8.56. The molecule has 0 spiro atoms. The molecule has 4 rings (SSSR count). The highest BCUT2D eigenvalue weighted by Gasteiger charge is 2.38. The first kappa shape index (κ1) is 18.3.